The van der Waals surface area contributed by atoms with Crippen molar-refractivity contribution in [2.24, 2.45) is 0 Å². The minimum Gasteiger partial charge on any atom is -0.394 e. The number of rotatable bonds is 32. The maximum absolute atomic E-state index is 12.9. The van der Waals surface area contributed by atoms with Crippen molar-refractivity contribution >= 4 is 5.91 Å². The molecule has 1 heterocycles. The van der Waals surface area contributed by atoms with Gasteiger partial charge in [-0.3, -0.25) is 4.79 Å². The number of aliphatic hydroxyl groups excluding tert-OH is 6. The Hall–Kier alpha value is -1.63. The summed E-state index contributed by atoms with van der Waals surface area (Å²) in [5, 5.41) is 64.3. The molecule has 0 aliphatic carbocycles. The van der Waals surface area contributed by atoms with Crippen LogP contribution in [-0.2, 0) is 14.3 Å². The fourth-order valence-corrected chi connectivity index (χ4v) is 6.40. The lowest BCUT2D eigenvalue weighted by Crippen LogP contribution is -2.60. The number of ether oxygens (including phenoxy) is 2. The van der Waals surface area contributed by atoms with Crippen molar-refractivity contribution in [1.82, 2.24) is 5.32 Å². The van der Waals surface area contributed by atoms with Gasteiger partial charge in [-0.25, -0.2) is 0 Å². The predicted molar refractivity (Wildman–Crippen MR) is 209 cm³/mol. The smallest absolute Gasteiger partial charge is 0.253 e. The molecule has 1 rings (SSSR count). The molecule has 0 saturated carbocycles. The number of hydrogen-bond acceptors (Lipinski definition) is 9. The summed E-state index contributed by atoms with van der Waals surface area (Å²) in [4.78, 5) is 12.9. The molecule has 7 N–H and O–H groups in total. The third-order valence-corrected chi connectivity index (χ3v) is 9.92. The summed E-state index contributed by atoms with van der Waals surface area (Å²) in [5.74, 6) is -0.714. The SMILES string of the molecule is CCCCCCCCCCCCCC/C=C/[C@@H](O)C(=O)N[C@@H](CO[C@@H]1O[C@H](CO)[C@@H](O)[C@H](O)[C@H]1O)[C@H](O)/C=C/CC/C=C(\C)CCCCCCCC. The van der Waals surface area contributed by atoms with E-state index >= 15 is 0 Å². The van der Waals surface area contributed by atoms with Crippen LogP contribution in [0, 0.1) is 0 Å². The standard InChI is InChI=1S/C42H77NO9/c1-4-6-8-10-12-13-14-15-16-17-18-19-21-25-30-36(46)41(50)43-34(32-51-42-40(49)39(48)38(47)37(31-44)52-42)35(45)29-26-22-24-28-33(3)27-23-20-11-9-7-5-2/h25-26,28-30,34-40,42,44-49H,4-24,27,31-32H2,1-3H3,(H,43,50)/b29-26+,30-25+,33-28+/t34-,35+,36+,37+,38+,39-,40+,42+/m0/s1. The molecular formula is C42H77NO9. The van der Waals surface area contributed by atoms with Crippen LogP contribution in [0.15, 0.2) is 36.0 Å². The fraction of sp³-hybridized carbons (Fsp3) is 0.833. The van der Waals surface area contributed by atoms with Gasteiger partial charge in [-0.2, -0.15) is 0 Å². The monoisotopic (exact) mass is 740 g/mol. The number of nitrogens with one attached hydrogen (secondary N) is 1. The second kappa shape index (κ2) is 31.7. The summed E-state index contributed by atoms with van der Waals surface area (Å²) in [6, 6.07) is -1.03. The first kappa shape index (κ1) is 48.4. The summed E-state index contributed by atoms with van der Waals surface area (Å²) >= 11 is 0. The molecule has 52 heavy (non-hydrogen) atoms. The highest BCUT2D eigenvalue weighted by Crippen LogP contribution is 2.22. The zero-order valence-corrected chi connectivity index (χ0v) is 32.9. The molecule has 1 aliphatic rings. The Balaban J connectivity index is 2.60. The molecular weight excluding hydrogens is 662 g/mol. The van der Waals surface area contributed by atoms with Crippen LogP contribution in [0.4, 0.5) is 0 Å². The van der Waals surface area contributed by atoms with E-state index in [-0.39, 0.29) is 6.61 Å². The summed E-state index contributed by atoms with van der Waals surface area (Å²) in [5.41, 5.74) is 1.35. The third kappa shape index (κ3) is 22.6. The lowest BCUT2D eigenvalue weighted by Gasteiger charge is -2.40. The van der Waals surface area contributed by atoms with Gasteiger partial charge < -0.3 is 45.4 Å². The van der Waals surface area contributed by atoms with E-state index in [1.54, 1.807) is 12.2 Å². The van der Waals surface area contributed by atoms with E-state index in [9.17, 15) is 35.4 Å². The van der Waals surface area contributed by atoms with Gasteiger partial charge in [0.15, 0.2) is 12.4 Å². The number of carbonyl (C=O) groups excluding carboxylic acids is 1. The first-order valence-electron chi connectivity index (χ1n) is 20.7. The van der Waals surface area contributed by atoms with Crippen LogP contribution in [0.5, 0.6) is 0 Å². The summed E-state index contributed by atoms with van der Waals surface area (Å²) in [6.45, 7) is 5.66. The van der Waals surface area contributed by atoms with E-state index < -0.39 is 61.5 Å². The quantitative estimate of drug-likeness (QED) is 0.0294. The molecule has 0 aromatic rings. The van der Waals surface area contributed by atoms with Crippen molar-refractivity contribution in [2.45, 2.75) is 211 Å². The Bertz CT molecular complexity index is 956. The second-order valence-corrected chi connectivity index (χ2v) is 14.8. The molecule has 8 atom stereocenters. The Morgan fingerprint density at radius 2 is 1.25 bits per heavy atom. The molecule has 10 nitrogen and oxygen atoms in total. The zero-order valence-electron chi connectivity index (χ0n) is 32.9. The molecule has 1 saturated heterocycles. The number of allylic oxidation sites excluding steroid dienone is 4. The van der Waals surface area contributed by atoms with E-state index in [1.807, 2.05) is 6.08 Å². The van der Waals surface area contributed by atoms with Gasteiger partial charge in [0.2, 0.25) is 0 Å². The average Bonchev–Trinajstić information content (AvgIpc) is 3.14. The molecule has 0 spiro atoms. The van der Waals surface area contributed by atoms with Crippen molar-refractivity contribution in [2.75, 3.05) is 13.2 Å². The molecule has 304 valence electrons. The van der Waals surface area contributed by atoms with Gasteiger partial charge >= 0.3 is 0 Å². The lowest BCUT2D eigenvalue weighted by atomic mass is 9.99. The molecule has 1 fully saturated rings. The average molecular weight is 740 g/mol. The van der Waals surface area contributed by atoms with Crippen LogP contribution in [0.3, 0.4) is 0 Å². The van der Waals surface area contributed by atoms with E-state index in [0.29, 0.717) is 6.42 Å². The van der Waals surface area contributed by atoms with Crippen molar-refractivity contribution in [3.8, 4) is 0 Å². The molecule has 0 bridgehead atoms. The first-order chi connectivity index (χ1) is 25.2. The van der Waals surface area contributed by atoms with Crippen molar-refractivity contribution in [3.05, 3.63) is 36.0 Å². The maximum atomic E-state index is 12.9. The van der Waals surface area contributed by atoms with Crippen LogP contribution < -0.4 is 5.32 Å². The van der Waals surface area contributed by atoms with Crippen LogP contribution >= 0.6 is 0 Å². The molecule has 0 aromatic carbocycles. The van der Waals surface area contributed by atoms with Gasteiger partial charge in [0.1, 0.15) is 24.4 Å². The van der Waals surface area contributed by atoms with E-state index in [0.717, 1.165) is 32.1 Å². The number of carbonyl (C=O) groups is 1. The molecule has 0 unspecified atom stereocenters. The van der Waals surface area contributed by atoms with Gasteiger partial charge in [0, 0.05) is 0 Å². The predicted octanol–water partition coefficient (Wildman–Crippen LogP) is 6.69. The van der Waals surface area contributed by atoms with Crippen LogP contribution in [0.25, 0.3) is 0 Å². The van der Waals surface area contributed by atoms with Crippen molar-refractivity contribution in [3.63, 3.8) is 0 Å². The topological polar surface area (TPSA) is 169 Å². The van der Waals surface area contributed by atoms with E-state index in [2.05, 4.69) is 32.2 Å². The number of hydrogen-bond donors (Lipinski definition) is 7. The maximum Gasteiger partial charge on any atom is 0.253 e. The number of aliphatic hydroxyl groups is 6. The zero-order chi connectivity index (χ0) is 38.4. The van der Waals surface area contributed by atoms with E-state index in [4.69, 9.17) is 9.47 Å². The third-order valence-electron chi connectivity index (χ3n) is 9.92. The largest absolute Gasteiger partial charge is 0.394 e. The van der Waals surface area contributed by atoms with Gasteiger partial charge in [0.05, 0.1) is 25.4 Å². The second-order valence-electron chi connectivity index (χ2n) is 14.8. The van der Waals surface area contributed by atoms with Crippen molar-refractivity contribution < 1.29 is 44.9 Å². The molecule has 0 radical (unpaired) electrons. The van der Waals surface area contributed by atoms with Crippen LogP contribution in [0.2, 0.25) is 0 Å². The van der Waals surface area contributed by atoms with Gasteiger partial charge in [0.25, 0.3) is 5.91 Å². The van der Waals surface area contributed by atoms with Crippen molar-refractivity contribution in [1.29, 1.82) is 0 Å². The summed E-state index contributed by atoms with van der Waals surface area (Å²) in [7, 11) is 0. The molecule has 1 amide bonds. The van der Waals surface area contributed by atoms with Gasteiger partial charge in [-0.05, 0) is 45.4 Å². The number of amides is 1. The molecule has 1 aliphatic heterocycles. The minimum atomic E-state index is -1.62. The minimum absolute atomic E-state index is 0.341. The fourth-order valence-electron chi connectivity index (χ4n) is 6.40. The lowest BCUT2D eigenvalue weighted by molar-refractivity contribution is -0.302. The normalized spacial score (nSPS) is 23.0. The molecule has 0 aromatic heterocycles. The Kier molecular flexibility index (Phi) is 29.5. The summed E-state index contributed by atoms with van der Waals surface area (Å²) < 4.78 is 11.1. The Morgan fingerprint density at radius 3 is 1.83 bits per heavy atom. The number of unbranched alkanes of at least 4 members (excludes halogenated alkanes) is 18. The highest BCUT2D eigenvalue weighted by atomic mass is 16.7. The van der Waals surface area contributed by atoms with Crippen LogP contribution in [0.1, 0.15) is 162 Å². The van der Waals surface area contributed by atoms with Gasteiger partial charge in [-0.15, -0.1) is 0 Å². The highest BCUT2D eigenvalue weighted by molar-refractivity contribution is 5.82. The summed E-state index contributed by atoms with van der Waals surface area (Å²) in [6.07, 6.45) is 24.9. The molecule has 10 heteroatoms. The van der Waals surface area contributed by atoms with Crippen LogP contribution in [-0.4, -0.2) is 98.7 Å². The first-order valence-corrected chi connectivity index (χ1v) is 20.7. The van der Waals surface area contributed by atoms with Gasteiger partial charge in [-0.1, -0.05) is 153 Å². The Labute approximate surface area is 315 Å². The highest BCUT2D eigenvalue weighted by Gasteiger charge is 2.44. The van der Waals surface area contributed by atoms with E-state index in [1.165, 1.54) is 114 Å². The Morgan fingerprint density at radius 1 is 0.712 bits per heavy atom.